The number of nitrogens with zero attached hydrogens (tertiary/aromatic N) is 2. The van der Waals surface area contributed by atoms with Crippen LogP contribution in [0.2, 0.25) is 0 Å². The van der Waals surface area contributed by atoms with Crippen molar-refractivity contribution in [1.29, 1.82) is 0 Å². The fourth-order valence-corrected chi connectivity index (χ4v) is 7.67. The highest BCUT2D eigenvalue weighted by atomic mass is 16.6. The number of ether oxygens (including phenoxy) is 4. The predicted molar refractivity (Wildman–Crippen MR) is 264 cm³/mol. The van der Waals surface area contributed by atoms with Gasteiger partial charge in [0.15, 0.2) is 0 Å². The topological polar surface area (TPSA) is 50.0 Å². The van der Waals surface area contributed by atoms with E-state index in [1.54, 1.807) is 0 Å². The highest BCUT2D eigenvalue weighted by molar-refractivity contribution is 5.81. The third-order valence-electron chi connectivity index (χ3n) is 12.0. The minimum Gasteiger partial charge on any atom is -0.374 e. The van der Waals surface area contributed by atoms with Gasteiger partial charge in [0.2, 0.25) is 0 Å². The second kappa shape index (κ2) is 19.9. The number of aryl methyl sites for hydroxylation is 4. The lowest BCUT2D eigenvalue weighted by Crippen LogP contribution is -2.10. The molecule has 2 unspecified atom stereocenters. The van der Waals surface area contributed by atoms with E-state index in [0.29, 0.717) is 26.4 Å². The Balaban J connectivity index is 0.872. The van der Waals surface area contributed by atoms with Gasteiger partial charge in [-0.3, -0.25) is 0 Å². The summed E-state index contributed by atoms with van der Waals surface area (Å²) in [6.07, 6.45) is 9.26. The Hall–Kier alpha value is -6.54. The first kappa shape index (κ1) is 42.7. The molecule has 0 bridgehead atoms. The highest BCUT2D eigenvalue weighted by Gasteiger charge is 2.23. The molecule has 0 amide bonds. The summed E-state index contributed by atoms with van der Waals surface area (Å²) in [5, 5.41) is 0. The molecule has 2 aliphatic heterocycles. The molecule has 6 nitrogen and oxygen atoms in total. The lowest BCUT2D eigenvalue weighted by Gasteiger charge is -2.26. The van der Waals surface area contributed by atoms with Crippen LogP contribution in [0.15, 0.2) is 158 Å². The number of rotatable bonds is 18. The number of epoxide rings is 2. The van der Waals surface area contributed by atoms with E-state index in [2.05, 4.69) is 220 Å². The largest absolute Gasteiger partial charge is 0.374 e. The third kappa shape index (κ3) is 11.1. The van der Waals surface area contributed by atoms with Gasteiger partial charge in [0.25, 0.3) is 0 Å². The smallest absolute Gasteiger partial charge is 0.104 e. The van der Waals surface area contributed by atoms with Crippen LogP contribution in [-0.2, 0) is 32.2 Å². The van der Waals surface area contributed by atoms with Crippen LogP contribution < -0.4 is 9.80 Å². The molecule has 0 N–H and O–H groups in total. The summed E-state index contributed by atoms with van der Waals surface area (Å²) in [6.45, 7) is 12.7. The molecule has 7 aromatic rings. The van der Waals surface area contributed by atoms with E-state index < -0.39 is 0 Å². The Morgan fingerprint density at radius 1 is 0.406 bits per heavy atom. The number of benzene rings is 7. The summed E-state index contributed by atoms with van der Waals surface area (Å²) < 4.78 is 22.3. The van der Waals surface area contributed by atoms with Gasteiger partial charge in [-0.25, -0.2) is 0 Å². The van der Waals surface area contributed by atoms with Gasteiger partial charge in [-0.1, -0.05) is 103 Å². The molecule has 7 aromatic carbocycles. The van der Waals surface area contributed by atoms with E-state index in [-0.39, 0.29) is 12.2 Å². The summed E-state index contributed by atoms with van der Waals surface area (Å²) in [4.78, 5) is 4.63. The number of hydrogen-bond donors (Lipinski definition) is 0. The molecule has 2 heterocycles. The van der Waals surface area contributed by atoms with Crippen molar-refractivity contribution in [1.82, 2.24) is 0 Å². The summed E-state index contributed by atoms with van der Waals surface area (Å²) in [5.74, 6) is 0. The fourth-order valence-electron chi connectivity index (χ4n) is 7.67. The zero-order valence-corrected chi connectivity index (χ0v) is 37.2. The second-order valence-corrected chi connectivity index (χ2v) is 17.0. The molecule has 322 valence electrons. The maximum Gasteiger partial charge on any atom is 0.104 e. The van der Waals surface area contributed by atoms with Crippen molar-refractivity contribution in [2.24, 2.45) is 0 Å². The van der Waals surface area contributed by atoms with Crippen LogP contribution in [0.4, 0.5) is 34.1 Å². The van der Waals surface area contributed by atoms with Gasteiger partial charge >= 0.3 is 0 Å². The summed E-state index contributed by atoms with van der Waals surface area (Å²) in [6, 6.07) is 56.8. The SMILES string of the molecule is Cc1ccc(N(c2ccc(C=Cc3cccc(C=Cc4ccc(N(c5ccc(COCC6CO6)cc5)c5ccc(C)c(C)c5)cc4)c3)cc2)c2ccc(COCC3CO3)cc2)cc1C. The normalized spacial score (nSPS) is 15.5. The lowest BCUT2D eigenvalue weighted by atomic mass is 10.1. The average Bonchev–Trinajstić information content (AvgIpc) is 4.27. The Bertz CT molecular complexity index is 2530. The maximum absolute atomic E-state index is 5.85. The van der Waals surface area contributed by atoms with Gasteiger partial charge in [-0.2, -0.15) is 0 Å². The van der Waals surface area contributed by atoms with Crippen molar-refractivity contribution < 1.29 is 18.9 Å². The standard InChI is InChI=1S/C58H56N2O4/c1-41-8-22-55(32-43(41)3)59(53-28-18-49(19-29-53)35-61-37-57-39-63-57)51-24-14-45(15-25-51)10-12-47-6-5-7-48(34-47)13-11-46-16-26-52(27-17-46)60(56-23-9-42(2)44(4)33-56)54-30-20-50(21-31-54)36-62-38-58-40-64-58/h5-34,57-58H,35-40H2,1-4H3. The third-order valence-corrected chi connectivity index (χ3v) is 12.0. The van der Waals surface area contributed by atoms with E-state index in [0.717, 1.165) is 80.7 Å². The molecule has 2 aliphatic rings. The Kier molecular flexibility index (Phi) is 13.3. The van der Waals surface area contributed by atoms with Gasteiger partial charge in [0, 0.05) is 34.1 Å². The molecule has 0 spiro atoms. The van der Waals surface area contributed by atoms with Gasteiger partial charge in [-0.05, 0) is 162 Å². The van der Waals surface area contributed by atoms with E-state index in [4.69, 9.17) is 18.9 Å². The molecule has 2 saturated heterocycles. The molecule has 0 radical (unpaired) electrons. The van der Waals surface area contributed by atoms with E-state index in [9.17, 15) is 0 Å². The highest BCUT2D eigenvalue weighted by Crippen LogP contribution is 2.38. The Morgan fingerprint density at radius 3 is 1.11 bits per heavy atom. The van der Waals surface area contributed by atoms with Crippen molar-refractivity contribution in [3.05, 3.63) is 213 Å². The zero-order valence-electron chi connectivity index (χ0n) is 37.2. The van der Waals surface area contributed by atoms with Crippen LogP contribution in [0, 0.1) is 27.7 Å². The minimum absolute atomic E-state index is 0.267. The summed E-state index contributed by atoms with van der Waals surface area (Å²) in [7, 11) is 0. The molecule has 9 rings (SSSR count). The van der Waals surface area contributed by atoms with Crippen molar-refractivity contribution >= 4 is 58.4 Å². The quantitative estimate of drug-likeness (QED) is 0.0633. The fraction of sp³-hybridized carbons (Fsp3) is 0.207. The first-order valence-electron chi connectivity index (χ1n) is 22.3. The Labute approximate surface area is 378 Å². The van der Waals surface area contributed by atoms with Crippen LogP contribution in [0.3, 0.4) is 0 Å². The predicted octanol–water partition coefficient (Wildman–Crippen LogP) is 14.0. The van der Waals surface area contributed by atoms with E-state index in [1.165, 1.54) is 22.3 Å². The van der Waals surface area contributed by atoms with Gasteiger partial charge in [-0.15, -0.1) is 0 Å². The van der Waals surface area contributed by atoms with Crippen LogP contribution >= 0.6 is 0 Å². The molecule has 0 aliphatic carbocycles. The molecule has 0 aromatic heterocycles. The zero-order chi connectivity index (χ0) is 43.8. The number of hydrogen-bond acceptors (Lipinski definition) is 6. The molecule has 2 fully saturated rings. The molecule has 0 saturated carbocycles. The van der Waals surface area contributed by atoms with E-state index in [1.807, 2.05) is 0 Å². The molecular formula is C58H56N2O4. The van der Waals surface area contributed by atoms with Gasteiger partial charge in [0.1, 0.15) is 12.2 Å². The monoisotopic (exact) mass is 844 g/mol. The van der Waals surface area contributed by atoms with E-state index >= 15 is 0 Å². The first-order valence-corrected chi connectivity index (χ1v) is 22.3. The molecule has 6 heteroatoms. The van der Waals surface area contributed by atoms with Gasteiger partial charge < -0.3 is 28.7 Å². The van der Waals surface area contributed by atoms with Crippen LogP contribution in [0.1, 0.15) is 55.6 Å². The van der Waals surface area contributed by atoms with Crippen molar-refractivity contribution in [3.8, 4) is 0 Å². The molecular weight excluding hydrogens is 789 g/mol. The molecule has 64 heavy (non-hydrogen) atoms. The second-order valence-electron chi connectivity index (χ2n) is 17.0. The Morgan fingerprint density at radius 2 is 0.750 bits per heavy atom. The minimum atomic E-state index is 0.267. The summed E-state index contributed by atoms with van der Waals surface area (Å²) in [5.41, 5.74) is 18.6. The average molecular weight is 845 g/mol. The van der Waals surface area contributed by atoms with Crippen molar-refractivity contribution in [2.45, 2.75) is 53.1 Å². The van der Waals surface area contributed by atoms with Crippen molar-refractivity contribution in [2.75, 3.05) is 36.2 Å². The lowest BCUT2D eigenvalue weighted by molar-refractivity contribution is 0.104. The van der Waals surface area contributed by atoms with Crippen LogP contribution in [0.5, 0.6) is 0 Å². The number of anilines is 6. The van der Waals surface area contributed by atoms with Crippen molar-refractivity contribution in [3.63, 3.8) is 0 Å². The van der Waals surface area contributed by atoms with Gasteiger partial charge in [0.05, 0.1) is 39.6 Å². The summed E-state index contributed by atoms with van der Waals surface area (Å²) >= 11 is 0. The maximum atomic E-state index is 5.85. The first-order chi connectivity index (χ1) is 31.3. The van der Waals surface area contributed by atoms with Crippen LogP contribution in [0.25, 0.3) is 24.3 Å². The van der Waals surface area contributed by atoms with Crippen LogP contribution in [-0.4, -0.2) is 38.6 Å². The molecule has 2 atom stereocenters.